The van der Waals surface area contributed by atoms with Gasteiger partial charge in [-0.25, -0.2) is 4.79 Å². The van der Waals surface area contributed by atoms with Crippen LogP contribution in [0.25, 0.3) is 0 Å². The number of rotatable bonds is 7. The van der Waals surface area contributed by atoms with Crippen molar-refractivity contribution in [2.75, 3.05) is 0 Å². The molecule has 1 aromatic rings. The molecule has 198 valence electrons. The summed E-state index contributed by atoms with van der Waals surface area (Å²) in [5.41, 5.74) is 2.97. The summed E-state index contributed by atoms with van der Waals surface area (Å²) in [5.74, 6) is 4.93. The Morgan fingerprint density at radius 1 is 1.08 bits per heavy atom. The highest BCUT2D eigenvalue weighted by Crippen LogP contribution is 2.67. The third-order valence-electron chi connectivity index (χ3n) is 11.4. The van der Waals surface area contributed by atoms with E-state index in [-0.39, 0.29) is 12.1 Å². The van der Waals surface area contributed by atoms with Crippen LogP contribution in [0.5, 0.6) is 0 Å². The molecule has 8 atom stereocenters. The first kappa shape index (κ1) is 26.0. The van der Waals surface area contributed by atoms with Gasteiger partial charge in [0.25, 0.3) is 0 Å². The molecule has 5 rings (SSSR count). The maximum absolute atomic E-state index is 12.6. The molecule has 0 amide bonds. The highest BCUT2D eigenvalue weighted by molar-refractivity contribution is 5.89. The minimum Gasteiger partial charge on any atom is -0.458 e. The van der Waals surface area contributed by atoms with Crippen LogP contribution >= 0.6 is 0 Å². The second-order valence-corrected chi connectivity index (χ2v) is 13.8. The summed E-state index contributed by atoms with van der Waals surface area (Å²) in [6.07, 6.45) is 20.1. The molecule has 1 heterocycles. The van der Waals surface area contributed by atoms with Crippen molar-refractivity contribution in [1.82, 2.24) is 4.98 Å². The van der Waals surface area contributed by atoms with Crippen molar-refractivity contribution in [3.8, 4) is 0 Å². The zero-order chi connectivity index (χ0) is 25.5. The van der Waals surface area contributed by atoms with Gasteiger partial charge in [-0.3, -0.25) is 4.98 Å². The Hall–Kier alpha value is -1.64. The van der Waals surface area contributed by atoms with Gasteiger partial charge in [0.2, 0.25) is 0 Å². The van der Waals surface area contributed by atoms with Crippen molar-refractivity contribution in [3.63, 3.8) is 0 Å². The van der Waals surface area contributed by atoms with Crippen molar-refractivity contribution >= 4 is 5.97 Å². The zero-order valence-electron chi connectivity index (χ0n) is 23.5. The van der Waals surface area contributed by atoms with E-state index in [9.17, 15) is 4.79 Å². The van der Waals surface area contributed by atoms with Crippen LogP contribution in [-0.2, 0) is 4.74 Å². The highest BCUT2D eigenvalue weighted by atomic mass is 16.5. The molecule has 0 radical (unpaired) electrons. The number of allylic oxidation sites excluding steroid dienone is 1. The summed E-state index contributed by atoms with van der Waals surface area (Å²) in [5, 5.41) is 0. The largest absolute Gasteiger partial charge is 0.458 e. The van der Waals surface area contributed by atoms with Crippen molar-refractivity contribution in [3.05, 3.63) is 41.7 Å². The Bertz CT molecular complexity index is 954. The maximum Gasteiger partial charge on any atom is 0.339 e. The number of aromatic nitrogens is 1. The highest BCUT2D eigenvalue weighted by Gasteiger charge is 2.59. The maximum atomic E-state index is 12.6. The number of pyridine rings is 1. The minimum atomic E-state index is -0.223. The van der Waals surface area contributed by atoms with Crippen LogP contribution in [0.2, 0.25) is 0 Å². The van der Waals surface area contributed by atoms with Crippen molar-refractivity contribution in [2.24, 2.45) is 46.3 Å². The lowest BCUT2D eigenvalue weighted by Gasteiger charge is -2.58. The monoisotopic (exact) mass is 491 g/mol. The van der Waals surface area contributed by atoms with Gasteiger partial charge in [0.05, 0.1) is 5.56 Å². The van der Waals surface area contributed by atoms with Gasteiger partial charge in [-0.05, 0) is 103 Å². The third-order valence-corrected chi connectivity index (χ3v) is 11.4. The van der Waals surface area contributed by atoms with Gasteiger partial charge in [-0.2, -0.15) is 0 Å². The number of fused-ring (bicyclic) bond motifs is 5. The van der Waals surface area contributed by atoms with Crippen LogP contribution in [0, 0.1) is 46.3 Å². The molecule has 0 N–H and O–H groups in total. The summed E-state index contributed by atoms with van der Waals surface area (Å²) < 4.78 is 5.96. The number of carbonyl (C=O) groups is 1. The van der Waals surface area contributed by atoms with E-state index in [0.717, 1.165) is 54.8 Å². The zero-order valence-corrected chi connectivity index (χ0v) is 23.5. The van der Waals surface area contributed by atoms with Gasteiger partial charge in [0, 0.05) is 18.8 Å². The lowest BCUT2D eigenvalue weighted by Crippen LogP contribution is -2.51. The fourth-order valence-electron chi connectivity index (χ4n) is 9.46. The molecule has 3 fully saturated rings. The smallest absolute Gasteiger partial charge is 0.339 e. The van der Waals surface area contributed by atoms with Gasteiger partial charge in [-0.15, -0.1) is 0 Å². The van der Waals surface area contributed by atoms with Crippen LogP contribution in [0.1, 0.15) is 116 Å². The molecule has 0 aromatic carbocycles. The van der Waals surface area contributed by atoms with Gasteiger partial charge in [0.1, 0.15) is 6.10 Å². The van der Waals surface area contributed by atoms with E-state index >= 15 is 0 Å². The number of esters is 1. The fourth-order valence-corrected chi connectivity index (χ4v) is 9.46. The Labute approximate surface area is 219 Å². The predicted octanol–water partition coefficient (Wildman–Crippen LogP) is 8.65. The van der Waals surface area contributed by atoms with Crippen LogP contribution in [0.4, 0.5) is 0 Å². The third kappa shape index (κ3) is 4.69. The predicted molar refractivity (Wildman–Crippen MR) is 146 cm³/mol. The minimum absolute atomic E-state index is 0.00462. The standard InChI is InChI=1S/C33H49NO2/c1-22(2)8-6-9-23(3)28-13-14-29-27-12-11-25-20-26(36-31(35)24-10-7-19-34-21-24)15-17-32(25,4)30(27)16-18-33(28,29)5/h7,10-11,19,21-23,26-30H,6,8-9,12-18,20H2,1-5H3/t23-,26+,27+,28+,29-,30-,32+,33-/m1/s1. The molecule has 3 nitrogen and oxygen atoms in total. The van der Waals surface area contributed by atoms with Gasteiger partial charge in [-0.1, -0.05) is 65.5 Å². The molecule has 4 aliphatic carbocycles. The van der Waals surface area contributed by atoms with Crippen LogP contribution in [0.3, 0.4) is 0 Å². The number of hydrogen-bond acceptors (Lipinski definition) is 3. The lowest BCUT2D eigenvalue weighted by atomic mass is 9.47. The second-order valence-electron chi connectivity index (χ2n) is 13.8. The average Bonchev–Trinajstić information content (AvgIpc) is 3.22. The SMILES string of the molecule is CC(C)CCC[C@@H](C)[C@@H]1CC[C@@H]2[C@@H]3CC=C4C[C@@H](OC(=O)c5cccnc5)CC[C@]4(C)[C@@H]3CC[C@@]21C. The van der Waals surface area contributed by atoms with E-state index in [2.05, 4.69) is 45.7 Å². The summed E-state index contributed by atoms with van der Waals surface area (Å²) in [4.78, 5) is 16.7. The summed E-state index contributed by atoms with van der Waals surface area (Å²) in [6.45, 7) is 12.5. The molecular weight excluding hydrogens is 442 g/mol. The fraction of sp³-hybridized carbons (Fsp3) is 0.758. The molecule has 0 aliphatic heterocycles. The first-order valence-corrected chi connectivity index (χ1v) is 15.0. The first-order chi connectivity index (χ1) is 17.2. The van der Waals surface area contributed by atoms with E-state index in [1.165, 1.54) is 51.4 Å². The van der Waals surface area contributed by atoms with Crippen molar-refractivity contribution in [1.29, 1.82) is 0 Å². The first-order valence-electron chi connectivity index (χ1n) is 15.0. The summed E-state index contributed by atoms with van der Waals surface area (Å²) in [7, 11) is 0. The molecule has 1 aromatic heterocycles. The number of hydrogen-bond donors (Lipinski definition) is 0. The number of ether oxygens (including phenoxy) is 1. The lowest BCUT2D eigenvalue weighted by molar-refractivity contribution is -0.0594. The van der Waals surface area contributed by atoms with Crippen molar-refractivity contribution < 1.29 is 9.53 Å². The van der Waals surface area contributed by atoms with Gasteiger partial charge >= 0.3 is 5.97 Å². The molecule has 0 unspecified atom stereocenters. The van der Waals surface area contributed by atoms with E-state index < -0.39 is 0 Å². The van der Waals surface area contributed by atoms with E-state index in [0.29, 0.717) is 16.4 Å². The van der Waals surface area contributed by atoms with E-state index in [1.54, 1.807) is 30.1 Å². The van der Waals surface area contributed by atoms with Crippen molar-refractivity contribution in [2.45, 2.75) is 111 Å². The van der Waals surface area contributed by atoms with E-state index in [1.807, 2.05) is 0 Å². The van der Waals surface area contributed by atoms with Crippen LogP contribution in [-0.4, -0.2) is 17.1 Å². The molecule has 3 heteroatoms. The van der Waals surface area contributed by atoms with Crippen LogP contribution in [0.15, 0.2) is 36.2 Å². The molecule has 0 spiro atoms. The van der Waals surface area contributed by atoms with Crippen LogP contribution < -0.4 is 0 Å². The summed E-state index contributed by atoms with van der Waals surface area (Å²) in [6, 6.07) is 3.60. The Morgan fingerprint density at radius 3 is 2.67 bits per heavy atom. The normalized spacial score (nSPS) is 38.5. The molecule has 4 aliphatic rings. The molecule has 3 saturated carbocycles. The Kier molecular flexibility index (Phi) is 7.40. The van der Waals surface area contributed by atoms with Gasteiger partial charge in [0.15, 0.2) is 0 Å². The Morgan fingerprint density at radius 2 is 1.92 bits per heavy atom. The Balaban J connectivity index is 1.25. The molecular formula is C33H49NO2. The number of nitrogens with zero attached hydrogens (tertiary/aromatic N) is 1. The topological polar surface area (TPSA) is 39.2 Å². The summed E-state index contributed by atoms with van der Waals surface area (Å²) >= 11 is 0. The molecule has 0 saturated heterocycles. The second kappa shape index (κ2) is 10.3. The number of carbonyl (C=O) groups excluding carboxylic acids is 1. The van der Waals surface area contributed by atoms with Gasteiger partial charge < -0.3 is 4.74 Å². The van der Waals surface area contributed by atoms with E-state index in [4.69, 9.17) is 4.74 Å². The average molecular weight is 492 g/mol. The molecule has 0 bridgehead atoms. The quantitative estimate of drug-likeness (QED) is 0.283. The molecule has 36 heavy (non-hydrogen) atoms.